The van der Waals surface area contributed by atoms with E-state index in [1.165, 1.54) is 59.5 Å². The minimum atomic E-state index is -4.28. The van der Waals surface area contributed by atoms with Crippen LogP contribution in [-0.4, -0.2) is 44.3 Å². The van der Waals surface area contributed by atoms with Crippen LogP contribution in [0.15, 0.2) is 71.6 Å². The molecule has 0 aliphatic carbocycles. The molecule has 0 aromatic heterocycles. The molecule has 1 atom stereocenters. The van der Waals surface area contributed by atoms with Gasteiger partial charge in [0.05, 0.1) is 20.6 Å². The van der Waals surface area contributed by atoms with E-state index in [0.29, 0.717) is 18.5 Å². The van der Waals surface area contributed by atoms with Gasteiger partial charge in [-0.2, -0.15) is 0 Å². The second kappa shape index (κ2) is 13.3. The van der Waals surface area contributed by atoms with Gasteiger partial charge in [-0.25, -0.2) is 12.8 Å². The molecular formula is C28H30Cl2FN3O4S. The number of nitrogens with one attached hydrogen (secondary N) is 1. The molecule has 0 aliphatic heterocycles. The van der Waals surface area contributed by atoms with Gasteiger partial charge in [-0.05, 0) is 62.2 Å². The molecule has 0 saturated carbocycles. The second-order valence-electron chi connectivity index (χ2n) is 9.01. The lowest BCUT2D eigenvalue weighted by molar-refractivity contribution is -0.139. The number of halogens is 3. The van der Waals surface area contributed by atoms with Crippen molar-refractivity contribution in [2.24, 2.45) is 0 Å². The summed E-state index contributed by atoms with van der Waals surface area (Å²) in [5.74, 6) is -1.51. The van der Waals surface area contributed by atoms with Crippen molar-refractivity contribution in [3.05, 3.63) is 93.7 Å². The Bertz CT molecular complexity index is 1420. The Hall–Kier alpha value is -3.14. The molecule has 0 radical (unpaired) electrons. The van der Waals surface area contributed by atoms with Crippen LogP contribution in [0, 0.1) is 12.7 Å². The van der Waals surface area contributed by atoms with E-state index in [2.05, 4.69) is 5.32 Å². The summed E-state index contributed by atoms with van der Waals surface area (Å²) in [5, 5.41) is 2.83. The first-order chi connectivity index (χ1) is 18.4. The number of carbonyl (C=O) groups is 2. The molecule has 0 bridgehead atoms. The van der Waals surface area contributed by atoms with Gasteiger partial charge in [0.2, 0.25) is 11.8 Å². The van der Waals surface area contributed by atoms with Crippen LogP contribution in [0.1, 0.15) is 31.4 Å². The molecule has 3 aromatic rings. The largest absolute Gasteiger partial charge is 0.354 e. The maximum absolute atomic E-state index is 13.8. The van der Waals surface area contributed by atoms with Gasteiger partial charge in [0, 0.05) is 13.1 Å². The average molecular weight is 595 g/mol. The molecule has 3 aromatic carbocycles. The molecule has 2 amide bonds. The van der Waals surface area contributed by atoms with Crippen LogP contribution in [0.25, 0.3) is 0 Å². The minimum Gasteiger partial charge on any atom is -0.354 e. The number of hydrogen-bond acceptors (Lipinski definition) is 4. The Balaban J connectivity index is 2.05. The fraction of sp³-hybridized carbons (Fsp3) is 0.286. The molecule has 39 heavy (non-hydrogen) atoms. The van der Waals surface area contributed by atoms with Crippen LogP contribution in [-0.2, 0) is 26.2 Å². The highest BCUT2D eigenvalue weighted by atomic mass is 35.5. The summed E-state index contributed by atoms with van der Waals surface area (Å²) in [6.45, 7) is 4.97. The predicted octanol–water partition coefficient (Wildman–Crippen LogP) is 5.58. The van der Waals surface area contributed by atoms with Gasteiger partial charge < -0.3 is 10.2 Å². The number of anilines is 1. The van der Waals surface area contributed by atoms with E-state index >= 15 is 0 Å². The second-order valence-corrected chi connectivity index (χ2v) is 11.7. The number of amides is 2. The molecule has 0 heterocycles. The molecule has 0 spiro atoms. The van der Waals surface area contributed by atoms with E-state index in [1.807, 2.05) is 13.8 Å². The third-order valence-corrected chi connectivity index (χ3v) is 8.65. The van der Waals surface area contributed by atoms with E-state index in [0.717, 1.165) is 9.87 Å². The third-order valence-electron chi connectivity index (χ3n) is 6.07. The molecular weight excluding hydrogens is 564 g/mol. The fourth-order valence-corrected chi connectivity index (χ4v) is 5.67. The van der Waals surface area contributed by atoms with Crippen molar-refractivity contribution in [3.63, 3.8) is 0 Å². The van der Waals surface area contributed by atoms with Gasteiger partial charge in [0.1, 0.15) is 18.4 Å². The normalized spacial score (nSPS) is 12.1. The Morgan fingerprint density at radius 1 is 1.00 bits per heavy atom. The van der Waals surface area contributed by atoms with E-state index in [4.69, 9.17) is 23.2 Å². The number of nitrogens with zero attached hydrogens (tertiary/aromatic N) is 2. The average Bonchev–Trinajstić information content (AvgIpc) is 2.91. The van der Waals surface area contributed by atoms with Crippen LogP contribution in [0.2, 0.25) is 10.0 Å². The molecule has 11 heteroatoms. The monoisotopic (exact) mass is 593 g/mol. The Morgan fingerprint density at radius 3 is 2.26 bits per heavy atom. The van der Waals surface area contributed by atoms with Crippen molar-refractivity contribution < 1.29 is 22.4 Å². The standard InChI is InChI=1S/C28H30Cl2FN3O4S/c1-4-16-32-28(36)20(3)33(17-21-10-12-22(31)13-11-21)26(35)18-34(25-7-5-6-24(29)27(25)30)39(37,38)23-14-8-19(2)9-15-23/h5-15,20H,4,16-18H2,1-3H3,(H,32,36). The summed E-state index contributed by atoms with van der Waals surface area (Å²) in [4.78, 5) is 27.9. The molecule has 1 N–H and O–H groups in total. The van der Waals surface area contributed by atoms with E-state index in [-0.39, 0.29) is 27.2 Å². The molecule has 3 rings (SSSR count). The summed E-state index contributed by atoms with van der Waals surface area (Å²) in [6, 6.07) is 15.2. The SMILES string of the molecule is CCCNC(=O)C(C)N(Cc1ccc(F)cc1)C(=O)CN(c1cccc(Cl)c1Cl)S(=O)(=O)c1ccc(C)cc1. The van der Waals surface area contributed by atoms with Crippen LogP contribution >= 0.6 is 23.2 Å². The predicted molar refractivity (Wildman–Crippen MR) is 152 cm³/mol. The van der Waals surface area contributed by atoms with Crippen LogP contribution in [0.5, 0.6) is 0 Å². The van der Waals surface area contributed by atoms with E-state index in [9.17, 15) is 22.4 Å². The first-order valence-electron chi connectivity index (χ1n) is 12.3. The molecule has 208 valence electrons. The number of aryl methyl sites for hydroxylation is 1. The molecule has 0 aliphatic rings. The van der Waals surface area contributed by atoms with Crippen molar-refractivity contribution in [3.8, 4) is 0 Å². The molecule has 0 saturated heterocycles. The molecule has 1 unspecified atom stereocenters. The van der Waals surface area contributed by atoms with Gasteiger partial charge in [0.25, 0.3) is 10.0 Å². The van der Waals surface area contributed by atoms with Crippen LogP contribution in [0.3, 0.4) is 0 Å². The van der Waals surface area contributed by atoms with Crippen LogP contribution in [0.4, 0.5) is 10.1 Å². The summed E-state index contributed by atoms with van der Waals surface area (Å²) in [5.41, 5.74) is 1.44. The highest BCUT2D eigenvalue weighted by Crippen LogP contribution is 2.35. The smallest absolute Gasteiger partial charge is 0.264 e. The van der Waals surface area contributed by atoms with Gasteiger partial charge in [-0.15, -0.1) is 0 Å². The summed E-state index contributed by atoms with van der Waals surface area (Å²) in [7, 11) is -4.28. The highest BCUT2D eigenvalue weighted by molar-refractivity contribution is 7.92. The van der Waals surface area contributed by atoms with Gasteiger partial charge in [-0.1, -0.05) is 66.0 Å². The lowest BCUT2D eigenvalue weighted by Gasteiger charge is -2.32. The minimum absolute atomic E-state index is 0.0166. The first kappa shape index (κ1) is 30.4. The first-order valence-corrected chi connectivity index (χ1v) is 14.5. The summed E-state index contributed by atoms with van der Waals surface area (Å²) in [6.07, 6.45) is 0.695. The van der Waals surface area contributed by atoms with Crippen molar-refractivity contribution in [1.82, 2.24) is 10.2 Å². The zero-order chi connectivity index (χ0) is 28.7. The Morgan fingerprint density at radius 2 is 1.64 bits per heavy atom. The maximum Gasteiger partial charge on any atom is 0.264 e. The summed E-state index contributed by atoms with van der Waals surface area (Å²) < 4.78 is 42.1. The van der Waals surface area contributed by atoms with Crippen molar-refractivity contribution in [2.75, 3.05) is 17.4 Å². The highest BCUT2D eigenvalue weighted by Gasteiger charge is 2.33. The number of rotatable bonds is 11. The van der Waals surface area contributed by atoms with Crippen molar-refractivity contribution in [1.29, 1.82) is 0 Å². The summed E-state index contributed by atoms with van der Waals surface area (Å²) >= 11 is 12.6. The zero-order valence-corrected chi connectivity index (χ0v) is 24.2. The number of carbonyl (C=O) groups excluding carboxylic acids is 2. The number of hydrogen-bond donors (Lipinski definition) is 1. The van der Waals surface area contributed by atoms with Gasteiger partial charge in [0.15, 0.2) is 0 Å². The van der Waals surface area contributed by atoms with Crippen LogP contribution < -0.4 is 9.62 Å². The molecule has 0 fully saturated rings. The lowest BCUT2D eigenvalue weighted by atomic mass is 10.1. The van der Waals surface area contributed by atoms with E-state index < -0.39 is 40.2 Å². The van der Waals surface area contributed by atoms with Crippen molar-refractivity contribution >= 4 is 50.7 Å². The Kier molecular flexibility index (Phi) is 10.4. The van der Waals surface area contributed by atoms with Gasteiger partial charge in [-0.3, -0.25) is 13.9 Å². The number of sulfonamides is 1. The van der Waals surface area contributed by atoms with E-state index in [1.54, 1.807) is 19.1 Å². The third kappa shape index (κ3) is 7.50. The maximum atomic E-state index is 13.8. The topological polar surface area (TPSA) is 86.8 Å². The van der Waals surface area contributed by atoms with Gasteiger partial charge >= 0.3 is 0 Å². The van der Waals surface area contributed by atoms with Crippen molar-refractivity contribution in [2.45, 2.75) is 44.7 Å². The zero-order valence-electron chi connectivity index (χ0n) is 21.8. The molecule has 7 nitrogen and oxygen atoms in total. The number of benzene rings is 3. The quantitative estimate of drug-likeness (QED) is 0.314. The fourth-order valence-electron chi connectivity index (χ4n) is 3.80. The Labute approximate surface area is 238 Å². The lowest BCUT2D eigenvalue weighted by Crippen LogP contribution is -2.51.